The number of anilines is 1. The maximum atomic E-state index is 12.2. The van der Waals surface area contributed by atoms with Gasteiger partial charge >= 0.3 is 11.8 Å². The Balaban J connectivity index is 1.51. The normalized spacial score (nSPS) is 10.8. The number of carbonyl (C=O) groups excluding carboxylic acids is 2. The number of nitrogens with one attached hydrogen (secondary N) is 2. The number of amides is 2. The summed E-state index contributed by atoms with van der Waals surface area (Å²) in [5.74, 6) is -0.949. The molecule has 0 aliphatic heterocycles. The SMILES string of the molecule is Cc1cc(C)c(NC(=O)C(=O)N/N=C/c2ccc(OCc3ccccc3Cl)cc2)c(C)c1. The first kappa shape index (κ1) is 23.0. The van der Waals surface area contributed by atoms with Gasteiger partial charge in [-0.3, -0.25) is 9.59 Å². The molecule has 0 bridgehead atoms. The highest BCUT2D eigenvalue weighted by Gasteiger charge is 2.15. The molecule has 6 nitrogen and oxygen atoms in total. The van der Waals surface area contributed by atoms with Gasteiger partial charge in [-0.1, -0.05) is 47.5 Å². The number of aryl methyl sites for hydroxylation is 3. The summed E-state index contributed by atoms with van der Waals surface area (Å²) in [5.41, 5.74) is 7.39. The van der Waals surface area contributed by atoms with E-state index in [0.717, 1.165) is 27.8 Å². The first-order chi connectivity index (χ1) is 15.3. The number of halogens is 1. The van der Waals surface area contributed by atoms with E-state index in [9.17, 15) is 9.59 Å². The van der Waals surface area contributed by atoms with E-state index in [-0.39, 0.29) is 0 Å². The molecule has 164 valence electrons. The zero-order chi connectivity index (χ0) is 23.1. The van der Waals surface area contributed by atoms with E-state index in [0.29, 0.717) is 23.1 Å². The van der Waals surface area contributed by atoms with Crippen molar-refractivity contribution in [2.75, 3.05) is 5.32 Å². The molecular formula is C25H24ClN3O3. The predicted octanol–water partition coefficient (Wildman–Crippen LogP) is 4.93. The summed E-state index contributed by atoms with van der Waals surface area (Å²) in [6.45, 7) is 6.10. The minimum absolute atomic E-state index is 0.359. The molecule has 7 heteroatoms. The summed E-state index contributed by atoms with van der Waals surface area (Å²) < 4.78 is 5.73. The molecular weight excluding hydrogens is 426 g/mol. The van der Waals surface area contributed by atoms with E-state index in [1.165, 1.54) is 6.21 Å². The van der Waals surface area contributed by atoms with Gasteiger partial charge in [0, 0.05) is 16.3 Å². The van der Waals surface area contributed by atoms with Gasteiger partial charge in [0.15, 0.2) is 0 Å². The van der Waals surface area contributed by atoms with E-state index < -0.39 is 11.8 Å². The lowest BCUT2D eigenvalue weighted by atomic mass is 10.1. The Bertz CT molecular complexity index is 1130. The number of benzene rings is 3. The summed E-state index contributed by atoms with van der Waals surface area (Å²) in [7, 11) is 0. The molecule has 0 aliphatic carbocycles. The minimum atomic E-state index is -0.847. The topological polar surface area (TPSA) is 79.8 Å². The van der Waals surface area contributed by atoms with Crippen LogP contribution in [0.2, 0.25) is 5.02 Å². The fraction of sp³-hybridized carbons (Fsp3) is 0.160. The molecule has 2 amide bonds. The second-order valence-electron chi connectivity index (χ2n) is 7.38. The number of hydrogen-bond acceptors (Lipinski definition) is 4. The smallest absolute Gasteiger partial charge is 0.329 e. The fourth-order valence-corrected chi connectivity index (χ4v) is 3.38. The van der Waals surface area contributed by atoms with Crippen LogP contribution in [0.1, 0.15) is 27.8 Å². The van der Waals surface area contributed by atoms with Crippen molar-refractivity contribution in [3.8, 4) is 5.75 Å². The van der Waals surface area contributed by atoms with Gasteiger partial charge in [-0.25, -0.2) is 5.43 Å². The van der Waals surface area contributed by atoms with Gasteiger partial charge in [-0.2, -0.15) is 5.10 Å². The molecule has 3 aromatic carbocycles. The minimum Gasteiger partial charge on any atom is -0.489 e. The molecule has 0 saturated carbocycles. The average molecular weight is 450 g/mol. The second-order valence-corrected chi connectivity index (χ2v) is 7.78. The summed E-state index contributed by atoms with van der Waals surface area (Å²) in [6, 6.07) is 18.5. The standard InChI is InChI=1S/C25H24ClN3O3/c1-16-12-17(2)23(18(3)13-16)28-24(30)25(31)29-27-14-19-8-10-21(11-9-19)32-15-20-6-4-5-7-22(20)26/h4-14H,15H2,1-3H3,(H,28,30)(H,29,31)/b27-14+. The van der Waals surface area contributed by atoms with Crippen molar-refractivity contribution in [3.63, 3.8) is 0 Å². The van der Waals surface area contributed by atoms with Gasteiger partial charge in [0.2, 0.25) is 0 Å². The van der Waals surface area contributed by atoms with Crippen molar-refractivity contribution in [2.45, 2.75) is 27.4 Å². The molecule has 0 unspecified atom stereocenters. The summed E-state index contributed by atoms with van der Waals surface area (Å²) in [5, 5.41) is 7.15. The second kappa shape index (κ2) is 10.6. The van der Waals surface area contributed by atoms with Gasteiger partial charge < -0.3 is 10.1 Å². The molecule has 0 aliphatic rings. The van der Waals surface area contributed by atoms with Gasteiger partial charge in [0.05, 0.1) is 6.21 Å². The van der Waals surface area contributed by atoms with Crippen LogP contribution in [0.5, 0.6) is 5.75 Å². The van der Waals surface area contributed by atoms with E-state index >= 15 is 0 Å². The number of rotatable bonds is 6. The number of hydrogen-bond donors (Lipinski definition) is 2. The third-order valence-corrected chi connectivity index (χ3v) is 5.10. The largest absolute Gasteiger partial charge is 0.489 e. The predicted molar refractivity (Wildman–Crippen MR) is 127 cm³/mol. The van der Waals surface area contributed by atoms with Gasteiger partial charge in [-0.15, -0.1) is 0 Å². The highest BCUT2D eigenvalue weighted by molar-refractivity contribution is 6.39. The van der Waals surface area contributed by atoms with Crippen molar-refractivity contribution in [1.82, 2.24) is 5.43 Å². The van der Waals surface area contributed by atoms with E-state index in [1.54, 1.807) is 24.3 Å². The highest BCUT2D eigenvalue weighted by atomic mass is 35.5. The summed E-state index contributed by atoms with van der Waals surface area (Å²) >= 11 is 6.13. The van der Waals surface area contributed by atoms with Gasteiger partial charge in [0.1, 0.15) is 12.4 Å². The van der Waals surface area contributed by atoms with Crippen LogP contribution in [0.25, 0.3) is 0 Å². The van der Waals surface area contributed by atoms with Gasteiger partial charge in [0.25, 0.3) is 0 Å². The van der Waals surface area contributed by atoms with Crippen LogP contribution in [0.4, 0.5) is 5.69 Å². The lowest BCUT2D eigenvalue weighted by Crippen LogP contribution is -2.32. The average Bonchev–Trinajstić information content (AvgIpc) is 2.76. The molecule has 0 fully saturated rings. The molecule has 0 spiro atoms. The molecule has 0 aromatic heterocycles. The van der Waals surface area contributed by atoms with Crippen molar-refractivity contribution in [3.05, 3.63) is 93.5 Å². The molecule has 32 heavy (non-hydrogen) atoms. The van der Waals surface area contributed by atoms with Crippen molar-refractivity contribution in [2.24, 2.45) is 5.10 Å². The van der Waals surface area contributed by atoms with Crippen LogP contribution in [-0.4, -0.2) is 18.0 Å². The third kappa shape index (κ3) is 6.18. The first-order valence-electron chi connectivity index (χ1n) is 10.0. The lowest BCUT2D eigenvalue weighted by Gasteiger charge is -2.12. The Hall–Kier alpha value is -3.64. The van der Waals surface area contributed by atoms with Crippen molar-refractivity contribution < 1.29 is 14.3 Å². The first-order valence-corrected chi connectivity index (χ1v) is 10.4. The quantitative estimate of drug-likeness (QED) is 0.318. The lowest BCUT2D eigenvalue weighted by molar-refractivity contribution is -0.136. The number of carbonyl (C=O) groups is 2. The number of hydrazone groups is 1. The number of nitrogens with zero attached hydrogens (tertiary/aromatic N) is 1. The molecule has 0 heterocycles. The Morgan fingerprint density at radius 2 is 1.62 bits per heavy atom. The Morgan fingerprint density at radius 3 is 2.28 bits per heavy atom. The van der Waals surface area contributed by atoms with Gasteiger partial charge in [-0.05, 0) is 67.8 Å². The Kier molecular flexibility index (Phi) is 7.63. The molecule has 0 atom stereocenters. The van der Waals surface area contributed by atoms with Crippen LogP contribution in [-0.2, 0) is 16.2 Å². The molecule has 3 rings (SSSR count). The maximum Gasteiger partial charge on any atom is 0.329 e. The highest BCUT2D eigenvalue weighted by Crippen LogP contribution is 2.22. The van der Waals surface area contributed by atoms with Crippen molar-refractivity contribution >= 4 is 35.3 Å². The molecule has 0 saturated heterocycles. The van der Waals surface area contributed by atoms with Crippen LogP contribution < -0.4 is 15.5 Å². The van der Waals surface area contributed by atoms with E-state index in [1.807, 2.05) is 57.2 Å². The van der Waals surface area contributed by atoms with E-state index in [2.05, 4.69) is 15.8 Å². The molecule has 3 aromatic rings. The Labute approximate surface area is 192 Å². The zero-order valence-corrected chi connectivity index (χ0v) is 18.9. The number of ether oxygens (including phenoxy) is 1. The fourth-order valence-electron chi connectivity index (χ4n) is 3.19. The third-order valence-electron chi connectivity index (χ3n) is 4.73. The monoisotopic (exact) mass is 449 g/mol. The molecule has 0 radical (unpaired) electrons. The van der Waals surface area contributed by atoms with Crippen LogP contribution in [0, 0.1) is 20.8 Å². The van der Waals surface area contributed by atoms with Crippen molar-refractivity contribution in [1.29, 1.82) is 0 Å². The molecule has 2 N–H and O–H groups in total. The zero-order valence-electron chi connectivity index (χ0n) is 18.1. The van der Waals surface area contributed by atoms with E-state index in [4.69, 9.17) is 16.3 Å². The van der Waals surface area contributed by atoms with Crippen LogP contribution in [0.3, 0.4) is 0 Å². The Morgan fingerprint density at radius 1 is 0.969 bits per heavy atom. The summed E-state index contributed by atoms with van der Waals surface area (Å²) in [4.78, 5) is 24.2. The maximum absolute atomic E-state index is 12.2. The van der Waals surface area contributed by atoms with Crippen LogP contribution >= 0.6 is 11.6 Å². The summed E-state index contributed by atoms with van der Waals surface area (Å²) in [6.07, 6.45) is 1.45. The van der Waals surface area contributed by atoms with Crippen LogP contribution in [0.15, 0.2) is 65.8 Å².